The third-order valence-corrected chi connectivity index (χ3v) is 3.99. The van der Waals surface area contributed by atoms with Gasteiger partial charge >= 0.3 is 0 Å². The number of rotatable bonds is 3. The lowest BCUT2D eigenvalue weighted by Gasteiger charge is -2.10. The number of nitriles is 1. The van der Waals surface area contributed by atoms with Gasteiger partial charge in [-0.3, -0.25) is 4.79 Å². The molecule has 3 aromatic rings. The number of primary amides is 1. The van der Waals surface area contributed by atoms with Crippen molar-refractivity contribution in [2.24, 2.45) is 12.8 Å². The van der Waals surface area contributed by atoms with Crippen molar-refractivity contribution in [3.63, 3.8) is 0 Å². The zero-order chi connectivity index (χ0) is 17.3. The van der Waals surface area contributed by atoms with Gasteiger partial charge < -0.3 is 10.3 Å². The molecule has 0 aliphatic rings. The standard InChI is InChI=1S/C19H16N4O/c1-12-9-15(19(21)24)7-8-16(12)17-18(23(2)11-22-17)14-5-3-13(10-20)4-6-14/h3-9,11H,1-2H3,(H2,21,24). The summed E-state index contributed by atoms with van der Waals surface area (Å²) < 4.78 is 1.94. The van der Waals surface area contributed by atoms with E-state index < -0.39 is 5.91 Å². The summed E-state index contributed by atoms with van der Waals surface area (Å²) in [5.74, 6) is -0.446. The third kappa shape index (κ3) is 2.66. The number of nitrogens with zero attached hydrogens (tertiary/aromatic N) is 3. The van der Waals surface area contributed by atoms with Crippen LogP contribution in [0.2, 0.25) is 0 Å². The molecule has 0 radical (unpaired) electrons. The Morgan fingerprint density at radius 2 is 1.92 bits per heavy atom. The number of carbonyl (C=O) groups excluding carboxylic acids is 1. The van der Waals surface area contributed by atoms with E-state index in [1.54, 1.807) is 30.6 Å². The second-order valence-electron chi connectivity index (χ2n) is 5.64. The van der Waals surface area contributed by atoms with E-state index in [-0.39, 0.29) is 0 Å². The van der Waals surface area contributed by atoms with Crippen molar-refractivity contribution in [2.45, 2.75) is 6.92 Å². The molecule has 2 aromatic carbocycles. The molecule has 2 N–H and O–H groups in total. The first kappa shape index (κ1) is 15.5. The van der Waals surface area contributed by atoms with Crippen LogP contribution in [0, 0.1) is 18.3 Å². The van der Waals surface area contributed by atoms with Gasteiger partial charge in [0.05, 0.1) is 29.3 Å². The Hall–Kier alpha value is -3.39. The minimum Gasteiger partial charge on any atom is -0.366 e. The minimum absolute atomic E-state index is 0.446. The Morgan fingerprint density at radius 1 is 1.21 bits per heavy atom. The van der Waals surface area contributed by atoms with E-state index in [0.717, 1.165) is 28.1 Å². The Kier molecular flexibility index (Phi) is 3.88. The van der Waals surface area contributed by atoms with Gasteiger partial charge in [-0.2, -0.15) is 5.26 Å². The molecular formula is C19H16N4O. The summed E-state index contributed by atoms with van der Waals surface area (Å²) >= 11 is 0. The van der Waals surface area contributed by atoms with Crippen LogP contribution >= 0.6 is 0 Å². The molecular weight excluding hydrogens is 300 g/mol. The van der Waals surface area contributed by atoms with E-state index in [9.17, 15) is 4.79 Å². The van der Waals surface area contributed by atoms with E-state index in [1.165, 1.54) is 0 Å². The lowest BCUT2D eigenvalue weighted by atomic mass is 9.98. The molecule has 1 aromatic heterocycles. The molecule has 5 nitrogen and oxygen atoms in total. The Balaban J connectivity index is 2.14. The average molecular weight is 316 g/mol. The molecule has 24 heavy (non-hydrogen) atoms. The molecule has 0 fully saturated rings. The fourth-order valence-electron chi connectivity index (χ4n) is 2.75. The molecule has 0 unspecified atom stereocenters. The maximum absolute atomic E-state index is 11.3. The van der Waals surface area contributed by atoms with Gasteiger partial charge in [-0.05, 0) is 36.8 Å². The van der Waals surface area contributed by atoms with E-state index in [4.69, 9.17) is 11.0 Å². The number of carbonyl (C=O) groups is 1. The quantitative estimate of drug-likeness (QED) is 0.806. The molecule has 0 spiro atoms. The highest BCUT2D eigenvalue weighted by atomic mass is 16.1. The van der Waals surface area contributed by atoms with Gasteiger partial charge in [0, 0.05) is 23.7 Å². The van der Waals surface area contributed by atoms with E-state index in [0.29, 0.717) is 11.1 Å². The lowest BCUT2D eigenvalue weighted by molar-refractivity contribution is 0.1000. The van der Waals surface area contributed by atoms with E-state index in [1.807, 2.05) is 36.7 Å². The first-order valence-corrected chi connectivity index (χ1v) is 7.44. The Labute approximate surface area is 140 Å². The van der Waals surface area contributed by atoms with Gasteiger partial charge in [-0.25, -0.2) is 4.98 Å². The molecule has 5 heteroatoms. The van der Waals surface area contributed by atoms with Crippen LogP contribution in [0.5, 0.6) is 0 Å². The molecule has 0 atom stereocenters. The van der Waals surface area contributed by atoms with Gasteiger partial charge in [0.25, 0.3) is 0 Å². The SMILES string of the molecule is Cc1cc(C(N)=O)ccc1-c1ncn(C)c1-c1ccc(C#N)cc1. The van der Waals surface area contributed by atoms with Gasteiger partial charge in [-0.1, -0.05) is 18.2 Å². The number of hydrogen-bond donors (Lipinski definition) is 1. The van der Waals surface area contributed by atoms with Crippen molar-refractivity contribution in [3.05, 3.63) is 65.5 Å². The largest absolute Gasteiger partial charge is 0.366 e. The third-order valence-electron chi connectivity index (χ3n) is 3.99. The number of imidazole rings is 1. The normalized spacial score (nSPS) is 10.4. The number of aromatic nitrogens is 2. The van der Waals surface area contributed by atoms with Crippen LogP contribution in [0.15, 0.2) is 48.8 Å². The zero-order valence-electron chi connectivity index (χ0n) is 13.4. The van der Waals surface area contributed by atoms with E-state index in [2.05, 4.69) is 11.1 Å². The highest BCUT2D eigenvalue weighted by Gasteiger charge is 2.16. The summed E-state index contributed by atoms with van der Waals surface area (Å²) in [6.07, 6.45) is 1.75. The zero-order valence-corrected chi connectivity index (χ0v) is 13.4. The minimum atomic E-state index is -0.446. The van der Waals surface area contributed by atoms with Crippen molar-refractivity contribution in [1.29, 1.82) is 5.26 Å². The number of benzene rings is 2. The fourth-order valence-corrected chi connectivity index (χ4v) is 2.75. The van der Waals surface area contributed by atoms with Crippen molar-refractivity contribution in [2.75, 3.05) is 0 Å². The van der Waals surface area contributed by atoms with Crippen molar-refractivity contribution < 1.29 is 4.79 Å². The van der Waals surface area contributed by atoms with Crippen LogP contribution in [-0.4, -0.2) is 15.5 Å². The second-order valence-corrected chi connectivity index (χ2v) is 5.64. The molecule has 0 aliphatic carbocycles. The summed E-state index contributed by atoms with van der Waals surface area (Å²) in [6.45, 7) is 1.93. The van der Waals surface area contributed by atoms with Gasteiger partial charge in [0.2, 0.25) is 5.91 Å². The van der Waals surface area contributed by atoms with Gasteiger partial charge in [0.15, 0.2) is 0 Å². The Bertz CT molecular complexity index is 962. The first-order chi connectivity index (χ1) is 11.5. The van der Waals surface area contributed by atoms with Gasteiger partial charge in [-0.15, -0.1) is 0 Å². The summed E-state index contributed by atoms with van der Waals surface area (Å²) in [6, 6.07) is 14.9. The summed E-state index contributed by atoms with van der Waals surface area (Å²) in [7, 11) is 1.93. The van der Waals surface area contributed by atoms with Crippen LogP contribution in [0.25, 0.3) is 22.5 Å². The van der Waals surface area contributed by atoms with Crippen LogP contribution in [0.4, 0.5) is 0 Å². The topological polar surface area (TPSA) is 84.7 Å². The molecule has 3 rings (SSSR count). The number of hydrogen-bond acceptors (Lipinski definition) is 3. The predicted octanol–water partition coefficient (Wildman–Crippen LogP) is 3.03. The number of aryl methyl sites for hydroxylation is 2. The molecule has 118 valence electrons. The first-order valence-electron chi connectivity index (χ1n) is 7.44. The fraction of sp³-hybridized carbons (Fsp3) is 0.105. The molecule has 1 amide bonds. The molecule has 0 bridgehead atoms. The number of amides is 1. The lowest BCUT2D eigenvalue weighted by Crippen LogP contribution is -2.11. The van der Waals surface area contributed by atoms with Gasteiger partial charge in [0.1, 0.15) is 0 Å². The van der Waals surface area contributed by atoms with Crippen molar-refractivity contribution >= 4 is 5.91 Å². The van der Waals surface area contributed by atoms with Crippen LogP contribution in [-0.2, 0) is 7.05 Å². The summed E-state index contributed by atoms with van der Waals surface area (Å²) in [5, 5.41) is 8.95. The second kappa shape index (κ2) is 6.01. The maximum atomic E-state index is 11.3. The predicted molar refractivity (Wildman–Crippen MR) is 92.0 cm³/mol. The molecule has 1 heterocycles. The maximum Gasteiger partial charge on any atom is 0.248 e. The smallest absolute Gasteiger partial charge is 0.248 e. The molecule has 0 aliphatic heterocycles. The number of nitrogens with two attached hydrogens (primary N) is 1. The highest BCUT2D eigenvalue weighted by molar-refractivity contribution is 5.94. The summed E-state index contributed by atoms with van der Waals surface area (Å²) in [5.41, 5.74) is 11.1. The summed E-state index contributed by atoms with van der Waals surface area (Å²) in [4.78, 5) is 15.9. The van der Waals surface area contributed by atoms with Crippen LogP contribution in [0.3, 0.4) is 0 Å². The van der Waals surface area contributed by atoms with Crippen LogP contribution < -0.4 is 5.73 Å². The average Bonchev–Trinajstić information content (AvgIpc) is 2.96. The monoisotopic (exact) mass is 316 g/mol. The Morgan fingerprint density at radius 3 is 2.50 bits per heavy atom. The van der Waals surface area contributed by atoms with Crippen molar-refractivity contribution in [3.8, 4) is 28.6 Å². The van der Waals surface area contributed by atoms with Crippen LogP contribution in [0.1, 0.15) is 21.5 Å². The highest BCUT2D eigenvalue weighted by Crippen LogP contribution is 2.33. The van der Waals surface area contributed by atoms with E-state index >= 15 is 0 Å². The molecule has 0 saturated carbocycles. The van der Waals surface area contributed by atoms with Crippen molar-refractivity contribution in [1.82, 2.24) is 9.55 Å². The molecule has 0 saturated heterocycles.